The molecule has 1 aromatic heterocycles. The second-order valence-electron chi connectivity index (χ2n) is 4.90. The van der Waals surface area contributed by atoms with Crippen molar-refractivity contribution >= 4 is 51.5 Å². The number of halogens is 3. The SMILES string of the molecule is CC(=O)c1cc(-c2ccc(Cl)cc2)nc2c(Cl)cc(Cl)cc12. The molecule has 0 amide bonds. The molecule has 3 rings (SSSR count). The molecule has 0 aliphatic carbocycles. The second kappa shape index (κ2) is 5.88. The minimum Gasteiger partial charge on any atom is -0.294 e. The lowest BCUT2D eigenvalue weighted by Crippen LogP contribution is -1.98. The van der Waals surface area contributed by atoms with Crippen molar-refractivity contribution in [1.82, 2.24) is 4.98 Å². The van der Waals surface area contributed by atoms with Crippen LogP contribution in [-0.4, -0.2) is 10.8 Å². The van der Waals surface area contributed by atoms with E-state index >= 15 is 0 Å². The molecule has 110 valence electrons. The van der Waals surface area contributed by atoms with Crippen LogP contribution in [0.2, 0.25) is 15.1 Å². The molecule has 0 aliphatic heterocycles. The normalized spacial score (nSPS) is 10.9. The van der Waals surface area contributed by atoms with Crippen molar-refractivity contribution in [2.45, 2.75) is 6.92 Å². The molecule has 2 aromatic carbocycles. The van der Waals surface area contributed by atoms with E-state index in [4.69, 9.17) is 34.8 Å². The van der Waals surface area contributed by atoms with Gasteiger partial charge in [0.2, 0.25) is 0 Å². The quantitative estimate of drug-likeness (QED) is 0.525. The first-order valence-corrected chi connectivity index (χ1v) is 7.66. The first-order valence-electron chi connectivity index (χ1n) is 6.52. The van der Waals surface area contributed by atoms with Crippen LogP contribution in [0.15, 0.2) is 42.5 Å². The predicted octanol–water partition coefficient (Wildman–Crippen LogP) is 6.06. The monoisotopic (exact) mass is 349 g/mol. The Balaban J connectivity index is 2.34. The number of carbonyl (C=O) groups excluding carboxylic acids is 1. The summed E-state index contributed by atoms with van der Waals surface area (Å²) in [5.74, 6) is -0.0686. The molecule has 0 fully saturated rings. The Bertz CT molecular complexity index is 889. The summed E-state index contributed by atoms with van der Waals surface area (Å²) >= 11 is 18.2. The van der Waals surface area contributed by atoms with Gasteiger partial charge in [-0.2, -0.15) is 0 Å². The molecule has 0 unspecified atom stereocenters. The third-order valence-electron chi connectivity index (χ3n) is 3.35. The third kappa shape index (κ3) is 2.82. The minimum absolute atomic E-state index is 0.0686. The van der Waals surface area contributed by atoms with Gasteiger partial charge < -0.3 is 0 Å². The molecule has 0 bridgehead atoms. The molecule has 0 saturated carbocycles. The van der Waals surface area contributed by atoms with E-state index in [1.54, 1.807) is 30.3 Å². The summed E-state index contributed by atoms with van der Waals surface area (Å²) < 4.78 is 0. The Hall–Kier alpha value is -1.61. The summed E-state index contributed by atoms with van der Waals surface area (Å²) in [6, 6.07) is 12.3. The average molecular weight is 351 g/mol. The number of rotatable bonds is 2. The molecular weight excluding hydrogens is 341 g/mol. The van der Waals surface area contributed by atoms with E-state index in [1.165, 1.54) is 6.92 Å². The van der Waals surface area contributed by atoms with Crippen LogP contribution in [0.1, 0.15) is 17.3 Å². The maximum absolute atomic E-state index is 12.0. The van der Waals surface area contributed by atoms with Crippen molar-refractivity contribution in [2.24, 2.45) is 0 Å². The Morgan fingerprint density at radius 1 is 0.955 bits per heavy atom. The fraction of sp³-hybridized carbons (Fsp3) is 0.0588. The van der Waals surface area contributed by atoms with E-state index < -0.39 is 0 Å². The molecule has 5 heteroatoms. The number of aromatic nitrogens is 1. The minimum atomic E-state index is -0.0686. The molecule has 1 heterocycles. The smallest absolute Gasteiger partial charge is 0.160 e. The highest BCUT2D eigenvalue weighted by Gasteiger charge is 2.14. The maximum atomic E-state index is 12.0. The highest BCUT2D eigenvalue weighted by Crippen LogP contribution is 2.32. The standard InChI is InChI=1S/C17H10Cl3NO/c1-9(22)13-8-16(10-2-4-11(18)5-3-10)21-17-14(13)6-12(19)7-15(17)20/h2-8H,1H3. The van der Waals surface area contributed by atoms with Crippen molar-refractivity contribution < 1.29 is 4.79 Å². The van der Waals surface area contributed by atoms with Gasteiger partial charge in [0.05, 0.1) is 16.2 Å². The van der Waals surface area contributed by atoms with Gasteiger partial charge in [-0.3, -0.25) is 4.79 Å². The molecule has 3 aromatic rings. The van der Waals surface area contributed by atoms with Crippen LogP contribution in [0, 0.1) is 0 Å². The Labute approximate surface area is 142 Å². The summed E-state index contributed by atoms with van der Waals surface area (Å²) in [5.41, 5.74) is 2.63. The summed E-state index contributed by atoms with van der Waals surface area (Å²) in [6.45, 7) is 1.51. The van der Waals surface area contributed by atoms with E-state index in [9.17, 15) is 4.79 Å². The molecule has 0 saturated heterocycles. The van der Waals surface area contributed by atoms with Gasteiger partial charge >= 0.3 is 0 Å². The number of benzene rings is 2. The van der Waals surface area contributed by atoms with Crippen LogP contribution < -0.4 is 0 Å². The number of hydrogen-bond acceptors (Lipinski definition) is 2. The lowest BCUT2D eigenvalue weighted by Gasteiger charge is -2.10. The highest BCUT2D eigenvalue weighted by atomic mass is 35.5. The molecule has 22 heavy (non-hydrogen) atoms. The summed E-state index contributed by atoms with van der Waals surface area (Å²) in [6.07, 6.45) is 0. The van der Waals surface area contributed by atoms with Crippen molar-refractivity contribution in [2.75, 3.05) is 0 Å². The molecular formula is C17H10Cl3NO. The lowest BCUT2D eigenvalue weighted by atomic mass is 10.0. The summed E-state index contributed by atoms with van der Waals surface area (Å²) in [7, 11) is 0. The zero-order valence-corrected chi connectivity index (χ0v) is 13.8. The van der Waals surface area contributed by atoms with E-state index in [2.05, 4.69) is 4.98 Å². The number of Topliss-reactive ketones (excluding diaryl/α,β-unsaturated/α-hetero) is 1. The topological polar surface area (TPSA) is 30.0 Å². The van der Waals surface area contributed by atoms with Gasteiger partial charge in [-0.1, -0.05) is 46.9 Å². The van der Waals surface area contributed by atoms with Crippen LogP contribution in [0.3, 0.4) is 0 Å². The van der Waals surface area contributed by atoms with Gasteiger partial charge in [0.1, 0.15) is 0 Å². The molecule has 2 nitrogen and oxygen atoms in total. The van der Waals surface area contributed by atoms with Gasteiger partial charge in [-0.05, 0) is 37.3 Å². The van der Waals surface area contributed by atoms with Gasteiger partial charge in [0.25, 0.3) is 0 Å². The fourth-order valence-corrected chi connectivity index (χ4v) is 2.97. The Morgan fingerprint density at radius 2 is 1.64 bits per heavy atom. The summed E-state index contributed by atoms with van der Waals surface area (Å²) in [4.78, 5) is 16.6. The van der Waals surface area contributed by atoms with Crippen LogP contribution in [-0.2, 0) is 0 Å². The number of carbonyl (C=O) groups is 1. The van der Waals surface area contributed by atoms with E-state index in [0.29, 0.717) is 37.2 Å². The Morgan fingerprint density at radius 3 is 2.27 bits per heavy atom. The first-order chi connectivity index (χ1) is 10.5. The number of fused-ring (bicyclic) bond motifs is 1. The number of pyridine rings is 1. The molecule has 0 N–H and O–H groups in total. The van der Waals surface area contributed by atoms with Gasteiger partial charge in [-0.15, -0.1) is 0 Å². The van der Waals surface area contributed by atoms with E-state index in [1.807, 2.05) is 12.1 Å². The molecule has 0 aliphatic rings. The van der Waals surface area contributed by atoms with Crippen molar-refractivity contribution in [1.29, 1.82) is 0 Å². The van der Waals surface area contributed by atoms with Gasteiger partial charge in [-0.25, -0.2) is 4.98 Å². The van der Waals surface area contributed by atoms with Gasteiger partial charge in [0.15, 0.2) is 5.78 Å². The Kier molecular flexibility index (Phi) is 4.09. The summed E-state index contributed by atoms with van der Waals surface area (Å²) in [5, 5.41) is 2.19. The van der Waals surface area contributed by atoms with Crippen molar-refractivity contribution in [3.05, 3.63) is 63.1 Å². The predicted molar refractivity (Wildman–Crippen MR) is 92.2 cm³/mol. The second-order valence-corrected chi connectivity index (χ2v) is 6.18. The number of hydrogen-bond donors (Lipinski definition) is 0. The van der Waals surface area contributed by atoms with Crippen LogP contribution in [0.4, 0.5) is 0 Å². The van der Waals surface area contributed by atoms with Crippen LogP contribution in [0.5, 0.6) is 0 Å². The number of ketones is 1. The molecule has 0 spiro atoms. The largest absolute Gasteiger partial charge is 0.294 e. The zero-order valence-electron chi connectivity index (χ0n) is 11.5. The van der Waals surface area contributed by atoms with E-state index in [-0.39, 0.29) is 5.78 Å². The molecule has 0 radical (unpaired) electrons. The number of nitrogens with zero attached hydrogens (tertiary/aromatic N) is 1. The average Bonchev–Trinajstić information content (AvgIpc) is 2.47. The lowest BCUT2D eigenvalue weighted by molar-refractivity contribution is 0.101. The van der Waals surface area contributed by atoms with Gasteiger partial charge in [0, 0.05) is 26.6 Å². The maximum Gasteiger partial charge on any atom is 0.160 e. The highest BCUT2D eigenvalue weighted by molar-refractivity contribution is 6.38. The third-order valence-corrected chi connectivity index (χ3v) is 4.11. The van der Waals surface area contributed by atoms with E-state index in [0.717, 1.165) is 5.56 Å². The first kappa shape index (κ1) is 15.3. The molecule has 0 atom stereocenters. The zero-order chi connectivity index (χ0) is 15.9. The van der Waals surface area contributed by atoms with Crippen molar-refractivity contribution in [3.8, 4) is 11.3 Å². The fourth-order valence-electron chi connectivity index (χ4n) is 2.31. The van der Waals surface area contributed by atoms with Crippen molar-refractivity contribution in [3.63, 3.8) is 0 Å². The van der Waals surface area contributed by atoms with Crippen LogP contribution in [0.25, 0.3) is 22.2 Å². The van der Waals surface area contributed by atoms with Crippen LogP contribution >= 0.6 is 34.8 Å².